The third kappa shape index (κ3) is 3.37. The van der Waals surface area contributed by atoms with Gasteiger partial charge in [0.2, 0.25) is 6.10 Å². The quantitative estimate of drug-likeness (QED) is 0.782. The Morgan fingerprint density at radius 3 is 2.72 bits per heavy atom. The van der Waals surface area contributed by atoms with Gasteiger partial charge in [0, 0.05) is 12.0 Å². The lowest BCUT2D eigenvalue weighted by atomic mass is 10.0. The molecule has 0 spiro atoms. The summed E-state index contributed by atoms with van der Waals surface area (Å²) in [7, 11) is -3.69. The number of hydrogen-bond acceptors (Lipinski definition) is 7. The van der Waals surface area contributed by atoms with Crippen LogP contribution >= 0.6 is 0 Å². The molecule has 1 fully saturated rings. The average molecular weight is 366 g/mol. The molecule has 1 N–H and O–H groups in total. The minimum Gasteiger partial charge on any atom is -0.463 e. The van der Waals surface area contributed by atoms with Gasteiger partial charge in [-0.3, -0.25) is 9.71 Å². The van der Waals surface area contributed by atoms with E-state index in [1.807, 2.05) is 0 Å². The number of hydrogen-bond donors (Lipinski definition) is 1. The van der Waals surface area contributed by atoms with Crippen LogP contribution in [0.3, 0.4) is 0 Å². The lowest BCUT2D eigenvalue weighted by molar-refractivity contribution is -0.161. The number of nitrogens with one attached hydrogen (secondary N) is 1. The Hall–Kier alpha value is -2.42. The molecule has 0 aliphatic carbocycles. The predicted molar refractivity (Wildman–Crippen MR) is 87.4 cm³/mol. The van der Waals surface area contributed by atoms with Crippen molar-refractivity contribution in [3.8, 4) is 0 Å². The Morgan fingerprint density at radius 1 is 1.36 bits per heavy atom. The monoisotopic (exact) mass is 366 g/mol. The van der Waals surface area contributed by atoms with E-state index in [0.717, 1.165) is 0 Å². The highest BCUT2D eigenvalue weighted by molar-refractivity contribution is 7.90. The topological polar surface area (TPSA) is 111 Å². The molecular formula is C16H18N2O6S. The highest BCUT2D eigenvalue weighted by Crippen LogP contribution is 2.24. The molecule has 0 bridgehead atoms. The molecule has 1 aromatic carbocycles. The van der Waals surface area contributed by atoms with E-state index in [0.29, 0.717) is 12.0 Å². The van der Waals surface area contributed by atoms with Gasteiger partial charge >= 0.3 is 11.9 Å². The van der Waals surface area contributed by atoms with Gasteiger partial charge in [-0.1, -0.05) is 26.0 Å². The zero-order valence-corrected chi connectivity index (χ0v) is 14.6. The molecule has 2 atom stereocenters. The van der Waals surface area contributed by atoms with Crippen molar-refractivity contribution in [2.45, 2.75) is 37.3 Å². The van der Waals surface area contributed by atoms with E-state index in [2.05, 4.69) is 9.71 Å². The van der Waals surface area contributed by atoms with Crippen LogP contribution in [-0.2, 0) is 29.1 Å². The number of fused-ring (bicyclic) bond motifs is 1. The molecule has 2 aliphatic heterocycles. The maximum atomic E-state index is 12.4. The number of benzene rings is 1. The van der Waals surface area contributed by atoms with Crippen molar-refractivity contribution in [3.63, 3.8) is 0 Å². The van der Waals surface area contributed by atoms with Gasteiger partial charge in [-0.15, -0.1) is 0 Å². The van der Waals surface area contributed by atoms with E-state index >= 15 is 0 Å². The van der Waals surface area contributed by atoms with Crippen molar-refractivity contribution in [2.75, 3.05) is 6.61 Å². The number of nitrogens with zero attached hydrogens (tertiary/aromatic N) is 1. The summed E-state index contributed by atoms with van der Waals surface area (Å²) in [5, 5.41) is 0. The van der Waals surface area contributed by atoms with E-state index < -0.39 is 34.1 Å². The molecule has 1 saturated heterocycles. The SMILES string of the molecule is CC(C)[C@H](N=C1NS(=O)(=O)c2ccccc21)C(=O)O[C@@H]1CCOC1=O. The standard InChI is InChI=1S/C16H18N2O6S/c1-9(2)13(16(20)24-11-7-8-23-15(11)19)17-14-10-5-3-4-6-12(10)25(21,22)18-14/h3-6,9,11,13H,7-8H2,1-2H3,(H,17,18)/t11-,13+/m1/s1. The van der Waals surface area contributed by atoms with Gasteiger partial charge < -0.3 is 9.47 Å². The van der Waals surface area contributed by atoms with Gasteiger partial charge in [-0.2, -0.15) is 0 Å². The summed E-state index contributed by atoms with van der Waals surface area (Å²) in [4.78, 5) is 28.3. The smallest absolute Gasteiger partial charge is 0.347 e. The maximum Gasteiger partial charge on any atom is 0.347 e. The zero-order valence-electron chi connectivity index (χ0n) is 13.8. The van der Waals surface area contributed by atoms with Crippen molar-refractivity contribution >= 4 is 27.8 Å². The fraction of sp³-hybridized carbons (Fsp3) is 0.438. The summed E-state index contributed by atoms with van der Waals surface area (Å²) in [6, 6.07) is 5.44. The molecule has 3 rings (SSSR count). The van der Waals surface area contributed by atoms with Gasteiger partial charge in [-0.25, -0.2) is 18.0 Å². The van der Waals surface area contributed by atoms with E-state index in [-0.39, 0.29) is 23.3 Å². The van der Waals surface area contributed by atoms with E-state index in [4.69, 9.17) is 9.47 Å². The van der Waals surface area contributed by atoms with Crippen LogP contribution in [0.15, 0.2) is 34.2 Å². The molecule has 1 aromatic rings. The summed E-state index contributed by atoms with van der Waals surface area (Å²) in [5.74, 6) is -1.42. The molecule has 0 aromatic heterocycles. The second kappa shape index (κ2) is 6.47. The van der Waals surface area contributed by atoms with Crippen LogP contribution in [0.2, 0.25) is 0 Å². The first kappa shape index (κ1) is 17.4. The fourth-order valence-electron chi connectivity index (χ4n) is 2.64. The van der Waals surface area contributed by atoms with Crippen LogP contribution in [-0.4, -0.2) is 44.9 Å². The Balaban J connectivity index is 1.88. The van der Waals surface area contributed by atoms with Crippen LogP contribution in [0.4, 0.5) is 0 Å². The lowest BCUT2D eigenvalue weighted by Gasteiger charge is -2.18. The number of cyclic esters (lactones) is 1. The number of carbonyl (C=O) groups excluding carboxylic acids is 2. The van der Waals surface area contributed by atoms with E-state index in [1.54, 1.807) is 32.0 Å². The molecule has 2 heterocycles. The van der Waals surface area contributed by atoms with Crippen molar-refractivity contribution < 1.29 is 27.5 Å². The highest BCUT2D eigenvalue weighted by Gasteiger charge is 2.36. The van der Waals surface area contributed by atoms with Gasteiger partial charge in [0.25, 0.3) is 10.0 Å². The number of carbonyl (C=O) groups is 2. The summed E-state index contributed by atoms with van der Waals surface area (Å²) < 4.78 is 36.6. The van der Waals surface area contributed by atoms with Gasteiger partial charge in [0.1, 0.15) is 5.84 Å². The van der Waals surface area contributed by atoms with Crippen LogP contribution in [0.25, 0.3) is 0 Å². The molecule has 0 radical (unpaired) electrons. The number of rotatable bonds is 4. The van der Waals surface area contributed by atoms with Crippen LogP contribution < -0.4 is 4.72 Å². The normalized spacial score (nSPS) is 23.9. The number of esters is 2. The minimum atomic E-state index is -3.69. The van der Waals surface area contributed by atoms with Crippen molar-refractivity contribution in [2.24, 2.45) is 10.9 Å². The predicted octanol–water partition coefficient (Wildman–Crippen LogP) is 0.608. The molecule has 0 saturated carbocycles. The molecule has 134 valence electrons. The van der Waals surface area contributed by atoms with E-state index in [1.165, 1.54) is 6.07 Å². The van der Waals surface area contributed by atoms with Gasteiger partial charge in [0.15, 0.2) is 6.04 Å². The molecule has 25 heavy (non-hydrogen) atoms. The second-order valence-electron chi connectivity index (χ2n) is 6.15. The highest BCUT2D eigenvalue weighted by atomic mass is 32.2. The van der Waals surface area contributed by atoms with Crippen LogP contribution in [0, 0.1) is 5.92 Å². The Labute approximate surface area is 145 Å². The molecule has 0 amide bonds. The first-order chi connectivity index (χ1) is 11.8. The first-order valence-electron chi connectivity index (χ1n) is 7.87. The average Bonchev–Trinajstić information content (AvgIpc) is 3.06. The summed E-state index contributed by atoms with van der Waals surface area (Å²) in [5.41, 5.74) is 0.404. The molecule has 2 aliphatic rings. The Morgan fingerprint density at radius 2 is 2.08 bits per heavy atom. The molecule has 9 heteroatoms. The molecule has 8 nitrogen and oxygen atoms in total. The number of aliphatic imine (C=N–C) groups is 1. The Kier molecular flexibility index (Phi) is 4.51. The second-order valence-corrected chi connectivity index (χ2v) is 7.80. The van der Waals surface area contributed by atoms with Gasteiger partial charge in [0.05, 0.1) is 11.5 Å². The Bertz CT molecular complexity index is 846. The number of ether oxygens (including phenoxy) is 2. The molecule has 0 unspecified atom stereocenters. The lowest BCUT2D eigenvalue weighted by Crippen LogP contribution is -2.34. The number of sulfonamides is 1. The molecular weight excluding hydrogens is 348 g/mol. The fourth-order valence-corrected chi connectivity index (χ4v) is 3.88. The first-order valence-corrected chi connectivity index (χ1v) is 9.35. The third-order valence-corrected chi connectivity index (χ3v) is 5.35. The van der Waals surface area contributed by atoms with E-state index in [9.17, 15) is 18.0 Å². The van der Waals surface area contributed by atoms with Crippen LogP contribution in [0.5, 0.6) is 0 Å². The van der Waals surface area contributed by atoms with Crippen molar-refractivity contribution in [3.05, 3.63) is 29.8 Å². The third-order valence-electron chi connectivity index (χ3n) is 3.95. The largest absolute Gasteiger partial charge is 0.463 e. The summed E-state index contributed by atoms with van der Waals surface area (Å²) in [6.45, 7) is 3.74. The zero-order chi connectivity index (χ0) is 18.2. The summed E-state index contributed by atoms with van der Waals surface area (Å²) >= 11 is 0. The number of amidine groups is 1. The maximum absolute atomic E-state index is 12.4. The minimum absolute atomic E-state index is 0.0975. The summed E-state index contributed by atoms with van der Waals surface area (Å²) in [6.07, 6.45) is -0.622. The van der Waals surface area contributed by atoms with Crippen molar-refractivity contribution in [1.29, 1.82) is 0 Å². The van der Waals surface area contributed by atoms with Crippen molar-refractivity contribution in [1.82, 2.24) is 4.72 Å². The van der Waals surface area contributed by atoms with Crippen LogP contribution in [0.1, 0.15) is 25.8 Å². The van der Waals surface area contributed by atoms with Gasteiger partial charge in [-0.05, 0) is 18.1 Å².